The Labute approximate surface area is 185 Å². The van der Waals surface area contributed by atoms with Crippen LogP contribution < -0.4 is 29.0 Å². The van der Waals surface area contributed by atoms with Gasteiger partial charge in [0.05, 0.1) is 11.6 Å². The second kappa shape index (κ2) is 7.97. The number of methoxy groups -OCH3 is 1. The van der Waals surface area contributed by atoms with Crippen LogP contribution in [0.5, 0.6) is 23.0 Å². The molecule has 0 radical (unpaired) electrons. The number of esters is 1. The highest BCUT2D eigenvalue weighted by atomic mass is 32.1. The molecule has 0 bridgehead atoms. The Kier molecular flexibility index (Phi) is 4.98. The number of nitrogens with zero attached hydrogens (tertiary/aromatic N) is 3. The molecule has 0 saturated carbocycles. The number of hydrogen-bond donors (Lipinski definition) is 0. The van der Waals surface area contributed by atoms with Crippen LogP contribution in [0.1, 0.15) is 24.4 Å². The van der Waals surface area contributed by atoms with E-state index in [-0.39, 0.29) is 12.2 Å². The predicted octanol–water partition coefficient (Wildman–Crippen LogP) is 2.15. The van der Waals surface area contributed by atoms with Gasteiger partial charge in [0.2, 0.25) is 4.96 Å². The molecule has 162 valence electrons. The number of fused-ring (bicyclic) bond motifs is 2. The van der Waals surface area contributed by atoms with E-state index in [1.165, 1.54) is 29.9 Å². The third-order valence-corrected chi connectivity index (χ3v) is 5.69. The number of benzene rings is 2. The van der Waals surface area contributed by atoms with Gasteiger partial charge in [-0.05, 0) is 35.9 Å². The summed E-state index contributed by atoms with van der Waals surface area (Å²) in [6, 6.07) is 12.4. The van der Waals surface area contributed by atoms with Crippen LogP contribution in [0.2, 0.25) is 0 Å². The molecular weight excluding hydrogens is 434 g/mol. The summed E-state index contributed by atoms with van der Waals surface area (Å²) in [7, 11) is 1.48. The van der Waals surface area contributed by atoms with Gasteiger partial charge in [0.25, 0.3) is 5.56 Å². The fourth-order valence-electron chi connectivity index (χ4n) is 3.30. The molecule has 0 amide bonds. The molecule has 0 fully saturated rings. The predicted molar refractivity (Wildman–Crippen MR) is 116 cm³/mol. The summed E-state index contributed by atoms with van der Waals surface area (Å²) in [6.45, 7) is 1.58. The minimum absolute atomic E-state index is 0.260. The van der Waals surface area contributed by atoms with E-state index < -0.39 is 12.1 Å². The number of thiazole rings is 1. The lowest BCUT2D eigenvalue weighted by molar-refractivity contribution is -0.132. The zero-order valence-electron chi connectivity index (χ0n) is 17.1. The smallest absolute Gasteiger partial charge is 0.308 e. The van der Waals surface area contributed by atoms with Gasteiger partial charge in [0.15, 0.2) is 34.9 Å². The first kappa shape index (κ1) is 20.0. The zero-order chi connectivity index (χ0) is 22.2. The Morgan fingerprint density at radius 3 is 2.78 bits per heavy atom. The first-order valence-electron chi connectivity index (χ1n) is 9.68. The lowest BCUT2D eigenvalue weighted by Crippen LogP contribution is -2.26. The van der Waals surface area contributed by atoms with Gasteiger partial charge in [0.1, 0.15) is 6.61 Å². The number of hydrogen-bond acceptors (Lipinski definition) is 9. The van der Waals surface area contributed by atoms with Crippen molar-refractivity contribution >= 4 is 28.3 Å². The molecule has 10 heteroatoms. The van der Waals surface area contributed by atoms with Crippen molar-refractivity contribution < 1.29 is 23.7 Å². The van der Waals surface area contributed by atoms with Crippen LogP contribution in [-0.2, 0) is 4.79 Å². The molecule has 1 aliphatic rings. The molecule has 2 aromatic carbocycles. The summed E-state index contributed by atoms with van der Waals surface area (Å²) in [5, 5.41) is 4.35. The fraction of sp³-hybridized carbons (Fsp3) is 0.182. The van der Waals surface area contributed by atoms with Crippen LogP contribution in [0.15, 0.2) is 47.3 Å². The molecule has 0 aliphatic carbocycles. The largest absolute Gasteiger partial charge is 0.493 e. The van der Waals surface area contributed by atoms with Gasteiger partial charge in [-0.2, -0.15) is 9.50 Å². The first-order valence-corrected chi connectivity index (χ1v) is 10.5. The van der Waals surface area contributed by atoms with E-state index in [1.807, 2.05) is 24.3 Å². The third-order valence-electron chi connectivity index (χ3n) is 4.73. The van der Waals surface area contributed by atoms with Crippen molar-refractivity contribution in [3.63, 3.8) is 0 Å². The van der Waals surface area contributed by atoms with Crippen molar-refractivity contribution in [2.24, 2.45) is 0 Å². The first-order chi connectivity index (χ1) is 15.5. The van der Waals surface area contributed by atoms with Gasteiger partial charge >= 0.3 is 5.97 Å². The van der Waals surface area contributed by atoms with Crippen LogP contribution in [-0.4, -0.2) is 34.3 Å². The van der Waals surface area contributed by atoms with Crippen LogP contribution in [0.3, 0.4) is 0 Å². The summed E-state index contributed by atoms with van der Waals surface area (Å²) in [4.78, 5) is 29.0. The minimum Gasteiger partial charge on any atom is -0.493 e. The lowest BCUT2D eigenvalue weighted by Gasteiger charge is -2.24. The summed E-state index contributed by atoms with van der Waals surface area (Å²) in [6.07, 6.45) is 1.21. The average Bonchev–Trinajstić information content (AvgIpc) is 3.33. The maximum atomic E-state index is 12.9. The average molecular weight is 451 g/mol. The maximum absolute atomic E-state index is 12.9. The number of ether oxygens (including phenoxy) is 4. The monoisotopic (exact) mass is 451 g/mol. The van der Waals surface area contributed by atoms with Crippen LogP contribution in [0, 0.1) is 0 Å². The molecule has 4 aromatic rings. The topological polar surface area (TPSA) is 101 Å². The molecule has 9 nitrogen and oxygen atoms in total. The number of rotatable bonds is 4. The molecular formula is C22H17N3O6S. The summed E-state index contributed by atoms with van der Waals surface area (Å²) in [5.41, 5.74) is 0.420. The van der Waals surface area contributed by atoms with E-state index in [9.17, 15) is 9.59 Å². The van der Waals surface area contributed by atoms with Gasteiger partial charge in [0, 0.05) is 6.92 Å². The molecule has 5 rings (SSSR count). The Morgan fingerprint density at radius 2 is 2.03 bits per heavy atom. The second-order valence-electron chi connectivity index (χ2n) is 6.95. The number of aromatic nitrogens is 3. The SMILES string of the molecule is COc1cc(/C=c2\sc3nc(C4COc5ccccc5O4)nn3c2=O)ccc1OC(C)=O. The van der Waals surface area contributed by atoms with Crippen LogP contribution >= 0.6 is 11.3 Å². The maximum Gasteiger partial charge on any atom is 0.308 e. The quantitative estimate of drug-likeness (QED) is 0.344. The molecule has 1 unspecified atom stereocenters. The Balaban J connectivity index is 1.45. The Morgan fingerprint density at radius 1 is 1.22 bits per heavy atom. The second-order valence-corrected chi connectivity index (χ2v) is 7.96. The normalized spacial score (nSPS) is 15.7. The Hall–Kier alpha value is -3.92. The van der Waals surface area contributed by atoms with E-state index in [1.54, 1.807) is 24.3 Å². The molecule has 1 atom stereocenters. The molecule has 0 saturated heterocycles. The van der Waals surface area contributed by atoms with Crippen LogP contribution in [0.25, 0.3) is 11.0 Å². The zero-order valence-corrected chi connectivity index (χ0v) is 17.9. The van der Waals surface area contributed by atoms with E-state index >= 15 is 0 Å². The molecule has 2 aromatic heterocycles. The van der Waals surface area contributed by atoms with Crippen molar-refractivity contribution in [1.29, 1.82) is 0 Å². The number of carbonyl (C=O) groups excluding carboxylic acids is 1. The van der Waals surface area contributed by atoms with Crippen molar-refractivity contribution in [3.8, 4) is 23.0 Å². The van der Waals surface area contributed by atoms with Gasteiger partial charge in [-0.25, -0.2) is 0 Å². The summed E-state index contributed by atoms with van der Waals surface area (Å²) >= 11 is 1.22. The standard InChI is InChI=1S/C22H17N3O6S/c1-12(26)30-16-8-7-13(9-17(16)28-2)10-19-21(27)25-22(32-19)23-20(24-25)18-11-29-14-5-3-4-6-15(14)31-18/h3-10,18H,11H2,1-2H3/b19-10-. The van der Waals surface area contributed by atoms with E-state index in [0.717, 1.165) is 0 Å². The van der Waals surface area contributed by atoms with Crippen molar-refractivity contribution in [3.05, 3.63) is 68.7 Å². The van der Waals surface area contributed by atoms with Gasteiger partial charge in [-0.1, -0.05) is 29.5 Å². The van der Waals surface area contributed by atoms with Crippen LogP contribution in [0.4, 0.5) is 0 Å². The van der Waals surface area contributed by atoms with E-state index in [4.69, 9.17) is 18.9 Å². The number of para-hydroxylation sites is 2. The molecule has 0 N–H and O–H groups in total. The summed E-state index contributed by atoms with van der Waals surface area (Å²) in [5.74, 6) is 1.92. The molecule has 1 aliphatic heterocycles. The van der Waals surface area contributed by atoms with Crippen molar-refractivity contribution in [1.82, 2.24) is 14.6 Å². The molecule has 32 heavy (non-hydrogen) atoms. The van der Waals surface area contributed by atoms with Gasteiger partial charge in [-0.3, -0.25) is 9.59 Å². The van der Waals surface area contributed by atoms with E-state index in [2.05, 4.69) is 10.1 Å². The molecule has 3 heterocycles. The lowest BCUT2D eigenvalue weighted by atomic mass is 10.2. The fourth-order valence-corrected chi connectivity index (χ4v) is 4.21. The number of carbonyl (C=O) groups is 1. The van der Waals surface area contributed by atoms with Gasteiger partial charge < -0.3 is 18.9 Å². The highest BCUT2D eigenvalue weighted by molar-refractivity contribution is 7.15. The third kappa shape index (κ3) is 3.65. The summed E-state index contributed by atoms with van der Waals surface area (Å²) < 4.78 is 23.8. The highest BCUT2D eigenvalue weighted by Gasteiger charge is 2.27. The minimum atomic E-state index is -0.498. The van der Waals surface area contributed by atoms with Crippen molar-refractivity contribution in [2.45, 2.75) is 13.0 Å². The van der Waals surface area contributed by atoms with Crippen molar-refractivity contribution in [2.75, 3.05) is 13.7 Å². The van der Waals surface area contributed by atoms with Gasteiger partial charge in [-0.15, -0.1) is 5.10 Å². The highest BCUT2D eigenvalue weighted by Crippen LogP contribution is 2.35. The molecule has 0 spiro atoms. The van der Waals surface area contributed by atoms with E-state index in [0.29, 0.717) is 43.9 Å². The Bertz CT molecular complexity index is 1440.